The second kappa shape index (κ2) is 15.2. The quantitative estimate of drug-likeness (QED) is 0.0956. The maximum Gasteiger partial charge on any atom is 0.0526 e. The van der Waals surface area contributed by atoms with Crippen LogP contribution in [0.4, 0.5) is 0 Å². The molecule has 0 aliphatic rings. The van der Waals surface area contributed by atoms with Crippen molar-refractivity contribution in [1.29, 1.82) is 0 Å². The molecular weight excluding hydrogens is 584 g/mol. The van der Waals surface area contributed by atoms with Gasteiger partial charge in [0.1, 0.15) is 0 Å². The maximum atomic E-state index is 2.39. The monoisotopic (exact) mass is 622 g/mol. The first-order valence-electron chi connectivity index (χ1n) is 15.4. The first-order chi connectivity index (χ1) is 21.3. The Kier molecular flexibility index (Phi) is 10.4. The first-order valence-corrected chi connectivity index (χ1v) is 25.4. The van der Waals surface area contributed by atoms with Gasteiger partial charge in [-0.3, -0.25) is 0 Å². The lowest BCUT2D eigenvalue weighted by Gasteiger charge is -2.31. The zero-order valence-electron chi connectivity index (χ0n) is 24.6. The average Bonchev–Trinajstić information content (AvgIpc) is 3.10. The third kappa shape index (κ3) is 7.87. The van der Waals surface area contributed by atoms with Gasteiger partial charge in [-0.1, -0.05) is 182 Å². The summed E-state index contributed by atoms with van der Waals surface area (Å²) in [7, 11) is -1.42. The predicted octanol–water partition coefficient (Wildman–Crippen LogP) is 8.09. The van der Waals surface area contributed by atoms with Crippen molar-refractivity contribution in [2.45, 2.75) is 16.6 Å². The van der Waals surface area contributed by atoms with Crippen molar-refractivity contribution in [3.05, 3.63) is 215 Å². The fraction of sp³-hybridized carbons (Fsp3) is 0.0769. The molecule has 0 aliphatic carbocycles. The van der Waals surface area contributed by atoms with Gasteiger partial charge in [0, 0.05) is 16.6 Å². The van der Waals surface area contributed by atoms with Crippen LogP contribution in [-0.4, -0.2) is 27.6 Å². The van der Waals surface area contributed by atoms with Crippen molar-refractivity contribution in [2.75, 3.05) is 0 Å². The van der Waals surface area contributed by atoms with Crippen LogP contribution in [0.15, 0.2) is 182 Å². The Balaban J connectivity index is 1.43. The van der Waals surface area contributed by atoms with E-state index < -0.39 is 27.6 Å². The average molecular weight is 623 g/mol. The lowest BCUT2D eigenvalue weighted by Crippen LogP contribution is -2.22. The molecule has 0 unspecified atom stereocenters. The van der Waals surface area contributed by atoms with Gasteiger partial charge in [-0.15, -0.1) is 0 Å². The normalized spacial score (nSPS) is 12.9. The van der Waals surface area contributed by atoms with Crippen LogP contribution in [0.25, 0.3) is 0 Å². The molecule has 0 amide bonds. The molecule has 0 fully saturated rings. The van der Waals surface area contributed by atoms with E-state index in [1.54, 1.807) is 0 Å². The van der Waals surface area contributed by atoms with Gasteiger partial charge in [-0.05, 0) is 33.4 Å². The number of hydrogen-bond donors (Lipinski definition) is 0. The molecule has 0 heterocycles. The van der Waals surface area contributed by atoms with Crippen molar-refractivity contribution in [2.24, 2.45) is 0 Å². The standard InChI is InChI=1S/C39H39PSi3/c1-7-19-31(20-8-1)37(32-21-9-2-10-22-32)41-40(42-38(33-23-11-3-12-24-33)34-25-13-4-14-26-34)43-39(35-27-15-5-16-28-35)36-29-17-6-18-30-36/h1-30,37-39H,41-43H2. The molecule has 0 saturated carbocycles. The van der Waals surface area contributed by atoms with Gasteiger partial charge in [0.25, 0.3) is 0 Å². The summed E-state index contributed by atoms with van der Waals surface area (Å²) in [6.07, 6.45) is 0. The molecule has 6 aromatic carbocycles. The molecule has 6 rings (SSSR count). The number of benzene rings is 6. The Hall–Kier alpha value is -3.60. The summed E-state index contributed by atoms with van der Waals surface area (Å²) in [5.41, 5.74) is 10.8. The summed E-state index contributed by atoms with van der Waals surface area (Å²) >= 11 is 0. The van der Waals surface area contributed by atoms with E-state index >= 15 is 0 Å². The summed E-state index contributed by atoms with van der Waals surface area (Å²) in [5.74, 6) is 0. The van der Waals surface area contributed by atoms with Gasteiger partial charge < -0.3 is 0 Å². The molecule has 0 spiro atoms. The fourth-order valence-electron chi connectivity index (χ4n) is 6.32. The van der Waals surface area contributed by atoms with Crippen molar-refractivity contribution in [3.63, 3.8) is 0 Å². The molecule has 0 saturated heterocycles. The molecule has 0 bridgehead atoms. The smallest absolute Gasteiger partial charge is 0.0526 e. The summed E-state index contributed by atoms with van der Waals surface area (Å²) < 4.78 is 0. The highest BCUT2D eigenvalue weighted by Gasteiger charge is 2.28. The van der Waals surface area contributed by atoms with Crippen LogP contribution in [0.1, 0.15) is 50.0 Å². The van der Waals surface area contributed by atoms with Gasteiger partial charge in [-0.25, -0.2) is 0 Å². The van der Waals surface area contributed by atoms with E-state index in [0.29, 0.717) is 16.6 Å². The second-order valence-electron chi connectivity index (χ2n) is 11.3. The van der Waals surface area contributed by atoms with E-state index in [9.17, 15) is 0 Å². The highest BCUT2D eigenvalue weighted by molar-refractivity contribution is 8.23. The van der Waals surface area contributed by atoms with Gasteiger partial charge in [0.2, 0.25) is 0 Å². The van der Waals surface area contributed by atoms with E-state index in [0.717, 1.165) is 0 Å². The minimum absolute atomic E-state index is 0.00381. The van der Waals surface area contributed by atoms with Gasteiger partial charge in [-0.2, -0.15) is 6.57 Å². The van der Waals surface area contributed by atoms with Crippen LogP contribution in [-0.2, 0) is 0 Å². The van der Waals surface area contributed by atoms with Crippen LogP contribution in [0.5, 0.6) is 0 Å². The molecule has 0 radical (unpaired) electrons. The van der Waals surface area contributed by atoms with E-state index in [-0.39, 0.29) is 6.57 Å². The largest absolute Gasteiger partial charge is 0.155 e. The lowest BCUT2D eigenvalue weighted by molar-refractivity contribution is 1.13. The Morgan fingerprint density at radius 3 is 0.581 bits per heavy atom. The SMILES string of the molecule is c1ccc(C([SiH2]P([SiH2]C(c2ccccc2)c2ccccc2)[SiH2]C(c2ccccc2)c2ccccc2)c2ccccc2)cc1. The van der Waals surface area contributed by atoms with E-state index in [2.05, 4.69) is 182 Å². The Morgan fingerprint density at radius 2 is 0.419 bits per heavy atom. The van der Waals surface area contributed by atoms with E-state index in [4.69, 9.17) is 0 Å². The highest BCUT2D eigenvalue weighted by atomic mass is 31.8. The van der Waals surface area contributed by atoms with Crippen LogP contribution in [0, 0.1) is 0 Å². The van der Waals surface area contributed by atoms with E-state index in [1.807, 2.05) is 0 Å². The van der Waals surface area contributed by atoms with Crippen LogP contribution < -0.4 is 0 Å². The van der Waals surface area contributed by atoms with Crippen molar-refractivity contribution in [1.82, 2.24) is 0 Å². The number of hydrogen-bond acceptors (Lipinski definition) is 0. The Morgan fingerprint density at radius 1 is 0.256 bits per heavy atom. The highest BCUT2D eigenvalue weighted by Crippen LogP contribution is 2.46. The molecule has 0 aromatic heterocycles. The molecule has 212 valence electrons. The van der Waals surface area contributed by atoms with E-state index in [1.165, 1.54) is 33.4 Å². The van der Waals surface area contributed by atoms with Gasteiger partial charge in [0.05, 0.1) is 27.6 Å². The summed E-state index contributed by atoms with van der Waals surface area (Å²) in [6, 6.07) is 68.5. The minimum Gasteiger partial charge on any atom is -0.155 e. The zero-order chi connectivity index (χ0) is 29.1. The van der Waals surface area contributed by atoms with Crippen LogP contribution in [0.2, 0.25) is 0 Å². The van der Waals surface area contributed by atoms with Gasteiger partial charge in [0.15, 0.2) is 0 Å². The zero-order valence-corrected chi connectivity index (χ0v) is 29.8. The minimum atomic E-state index is -0.474. The Labute approximate surface area is 265 Å². The molecule has 0 nitrogen and oxygen atoms in total. The third-order valence-corrected chi connectivity index (χ3v) is 35.9. The fourth-order valence-corrected chi connectivity index (χ4v) is 39.0. The topological polar surface area (TPSA) is 0 Å². The van der Waals surface area contributed by atoms with Crippen LogP contribution >= 0.6 is 6.57 Å². The van der Waals surface area contributed by atoms with Crippen LogP contribution in [0.3, 0.4) is 0 Å². The summed E-state index contributed by atoms with van der Waals surface area (Å²) in [4.78, 5) is 0. The second-order valence-corrected chi connectivity index (χ2v) is 35.6. The van der Waals surface area contributed by atoms with Crippen molar-refractivity contribution < 1.29 is 0 Å². The molecule has 0 atom stereocenters. The number of rotatable bonds is 12. The predicted molar refractivity (Wildman–Crippen MR) is 197 cm³/mol. The molecule has 6 aromatic rings. The molecule has 0 aliphatic heterocycles. The maximum absolute atomic E-state index is 2.39. The lowest BCUT2D eigenvalue weighted by atomic mass is 10.0. The molecule has 0 N–H and O–H groups in total. The first kappa shape index (κ1) is 29.5. The Bertz CT molecular complexity index is 1310. The summed E-state index contributed by atoms with van der Waals surface area (Å²) in [5, 5.41) is 0. The molecular formula is C39H39PSi3. The van der Waals surface area contributed by atoms with Crippen molar-refractivity contribution in [3.8, 4) is 0 Å². The summed E-state index contributed by atoms with van der Waals surface area (Å²) in [6.45, 7) is -0.00381. The third-order valence-electron chi connectivity index (χ3n) is 8.53. The molecule has 4 heteroatoms. The van der Waals surface area contributed by atoms with Crippen molar-refractivity contribution >= 4 is 34.1 Å². The molecule has 43 heavy (non-hydrogen) atoms. The van der Waals surface area contributed by atoms with Gasteiger partial charge >= 0.3 is 0 Å².